The van der Waals surface area contributed by atoms with E-state index in [1.165, 1.54) is 31.4 Å². The quantitative estimate of drug-likeness (QED) is 0.580. The Morgan fingerprint density at radius 2 is 1.84 bits per heavy atom. The number of hydrogen-bond donors (Lipinski definition) is 0. The molecule has 1 aromatic heterocycles. The van der Waals surface area contributed by atoms with Crippen LogP contribution in [0, 0.1) is 5.82 Å². The van der Waals surface area contributed by atoms with Gasteiger partial charge < -0.3 is 19.1 Å². The third-order valence-corrected chi connectivity index (χ3v) is 7.08. The largest absolute Gasteiger partial charge is 0.490 e. The zero-order valence-corrected chi connectivity index (χ0v) is 17.7. The van der Waals surface area contributed by atoms with E-state index in [2.05, 4.69) is 33.7 Å². The van der Waals surface area contributed by atoms with Gasteiger partial charge in [-0.1, -0.05) is 6.42 Å². The summed E-state index contributed by atoms with van der Waals surface area (Å²) in [5.74, 6) is 0.444. The molecule has 0 spiro atoms. The molecule has 0 radical (unpaired) electrons. The van der Waals surface area contributed by atoms with Crippen LogP contribution < -0.4 is 9.64 Å². The van der Waals surface area contributed by atoms with Gasteiger partial charge in [0.15, 0.2) is 0 Å². The van der Waals surface area contributed by atoms with E-state index in [-0.39, 0.29) is 17.9 Å². The van der Waals surface area contributed by atoms with Crippen molar-refractivity contribution in [3.8, 4) is 5.75 Å². The minimum absolute atomic E-state index is 0.101. The van der Waals surface area contributed by atoms with Crippen LogP contribution >= 0.6 is 0 Å². The highest BCUT2D eigenvalue weighted by atomic mass is 19.1. The van der Waals surface area contributed by atoms with Crippen LogP contribution in [0.25, 0.3) is 10.9 Å². The number of fused-ring (bicyclic) bond motifs is 6. The Kier molecular flexibility index (Phi) is 4.23. The Hall–Kier alpha value is -3.02. The van der Waals surface area contributed by atoms with Crippen molar-refractivity contribution in [1.82, 2.24) is 9.47 Å². The van der Waals surface area contributed by atoms with Gasteiger partial charge in [-0.15, -0.1) is 0 Å². The molecule has 0 bridgehead atoms. The normalized spacial score (nSPS) is 21.1. The van der Waals surface area contributed by atoms with E-state index in [4.69, 9.17) is 4.74 Å². The van der Waals surface area contributed by atoms with Gasteiger partial charge >= 0.3 is 0 Å². The fourth-order valence-corrected chi connectivity index (χ4v) is 5.57. The van der Waals surface area contributed by atoms with Crippen molar-refractivity contribution in [3.63, 3.8) is 0 Å². The minimum Gasteiger partial charge on any atom is -0.490 e. The number of rotatable bonds is 2. The van der Waals surface area contributed by atoms with Crippen LogP contribution in [0.3, 0.4) is 0 Å². The molecule has 2 aliphatic heterocycles. The summed E-state index contributed by atoms with van der Waals surface area (Å²) in [5.41, 5.74) is 3.46. The highest BCUT2D eigenvalue weighted by Crippen LogP contribution is 2.42. The second-order valence-electron chi connectivity index (χ2n) is 8.96. The van der Waals surface area contributed by atoms with Crippen LogP contribution in [0.5, 0.6) is 5.75 Å². The molecule has 1 atom stereocenters. The maximum Gasteiger partial charge on any atom is 0.258 e. The summed E-state index contributed by atoms with van der Waals surface area (Å²) in [6.07, 6.45) is 6.19. The summed E-state index contributed by atoms with van der Waals surface area (Å²) in [6, 6.07) is 13.0. The summed E-state index contributed by atoms with van der Waals surface area (Å²) < 4.78 is 22.4. The molecule has 1 aliphatic carbocycles. The van der Waals surface area contributed by atoms with Crippen LogP contribution in [0.4, 0.5) is 10.1 Å². The second-order valence-corrected chi connectivity index (χ2v) is 8.96. The summed E-state index contributed by atoms with van der Waals surface area (Å²) in [5, 5.41) is 1.14. The standard InChI is InChI=1S/C25H26FN3O2/c1-27-22-9-7-17(26)15-20(22)25(30)29-12-11-28-21-10-8-19(31-18-5-3-2-4-6-18)13-16(21)14-23(28)24(27)29/h7-10,13-15,18,24H,2-6,11-12H2,1H3. The lowest BCUT2D eigenvalue weighted by Gasteiger charge is -2.46. The Labute approximate surface area is 181 Å². The van der Waals surface area contributed by atoms with E-state index in [1.807, 2.05) is 11.9 Å². The zero-order chi connectivity index (χ0) is 21.1. The van der Waals surface area contributed by atoms with Crippen LogP contribution in [0.2, 0.25) is 0 Å². The molecule has 160 valence electrons. The Bertz CT molecular complexity index is 1180. The zero-order valence-electron chi connectivity index (χ0n) is 17.7. The van der Waals surface area contributed by atoms with Crippen LogP contribution in [0.1, 0.15) is 54.3 Å². The van der Waals surface area contributed by atoms with Crippen molar-refractivity contribution < 1.29 is 13.9 Å². The number of nitrogens with zero attached hydrogens (tertiary/aromatic N) is 3. The van der Waals surface area contributed by atoms with E-state index in [1.54, 1.807) is 6.07 Å². The summed E-state index contributed by atoms with van der Waals surface area (Å²) in [7, 11) is 1.98. The van der Waals surface area contributed by atoms with E-state index < -0.39 is 0 Å². The van der Waals surface area contributed by atoms with Gasteiger partial charge in [-0.3, -0.25) is 4.79 Å². The van der Waals surface area contributed by atoms with E-state index in [0.717, 1.165) is 47.4 Å². The lowest BCUT2D eigenvalue weighted by molar-refractivity contribution is 0.0601. The Morgan fingerprint density at radius 1 is 1.00 bits per heavy atom. The van der Waals surface area contributed by atoms with Crippen LogP contribution in [-0.2, 0) is 6.54 Å². The highest BCUT2D eigenvalue weighted by Gasteiger charge is 2.41. The third kappa shape index (κ3) is 2.92. The predicted octanol–water partition coefficient (Wildman–Crippen LogP) is 5.10. The van der Waals surface area contributed by atoms with Gasteiger partial charge in [0, 0.05) is 31.0 Å². The minimum atomic E-state index is -0.379. The maximum absolute atomic E-state index is 13.8. The average Bonchev–Trinajstić information content (AvgIpc) is 3.15. The maximum atomic E-state index is 13.8. The van der Waals surface area contributed by atoms with Crippen molar-refractivity contribution in [2.24, 2.45) is 0 Å². The first-order valence-corrected chi connectivity index (χ1v) is 11.2. The fourth-order valence-electron chi connectivity index (χ4n) is 5.57. The number of amides is 1. The van der Waals surface area contributed by atoms with Gasteiger partial charge in [0.1, 0.15) is 17.7 Å². The number of ether oxygens (including phenoxy) is 1. The SMILES string of the molecule is CN1c2ccc(F)cc2C(=O)N2CCn3c(cc4cc(OC5CCCCC5)ccc43)C21. The molecule has 1 unspecified atom stereocenters. The van der Waals surface area contributed by atoms with Crippen LogP contribution in [0.15, 0.2) is 42.5 Å². The smallest absolute Gasteiger partial charge is 0.258 e. The highest BCUT2D eigenvalue weighted by molar-refractivity contribution is 6.02. The molecule has 6 heteroatoms. The number of halogens is 1. The summed E-state index contributed by atoms with van der Waals surface area (Å²) in [6.45, 7) is 1.32. The molecule has 6 rings (SSSR count). The molecular formula is C25H26FN3O2. The first-order chi connectivity index (χ1) is 15.1. The van der Waals surface area contributed by atoms with Crippen LogP contribution in [-0.4, -0.2) is 35.1 Å². The summed E-state index contributed by atoms with van der Waals surface area (Å²) >= 11 is 0. The number of carbonyl (C=O) groups excluding carboxylic acids is 1. The molecule has 0 saturated heterocycles. The van der Waals surface area contributed by atoms with Gasteiger partial charge in [-0.2, -0.15) is 0 Å². The number of aromatic nitrogens is 1. The van der Waals surface area contributed by atoms with Crippen molar-refractivity contribution in [1.29, 1.82) is 0 Å². The average molecular weight is 420 g/mol. The van der Waals surface area contributed by atoms with Gasteiger partial charge in [-0.05, 0) is 68.1 Å². The predicted molar refractivity (Wildman–Crippen MR) is 118 cm³/mol. The van der Waals surface area contributed by atoms with Crippen molar-refractivity contribution in [2.45, 2.75) is 50.9 Å². The number of benzene rings is 2. The molecule has 2 aromatic carbocycles. The molecule has 1 amide bonds. The van der Waals surface area contributed by atoms with Gasteiger partial charge in [0.2, 0.25) is 0 Å². The third-order valence-electron chi connectivity index (χ3n) is 7.08. The number of hydrogen-bond acceptors (Lipinski definition) is 3. The van der Waals surface area contributed by atoms with Crippen molar-refractivity contribution >= 4 is 22.5 Å². The molecule has 1 fully saturated rings. The first-order valence-electron chi connectivity index (χ1n) is 11.2. The topological polar surface area (TPSA) is 37.7 Å². The molecule has 1 saturated carbocycles. The number of carbonyl (C=O) groups is 1. The molecular weight excluding hydrogens is 393 g/mol. The summed E-state index contributed by atoms with van der Waals surface area (Å²) in [4.78, 5) is 17.1. The molecule has 3 heterocycles. The second kappa shape index (κ2) is 7.01. The number of anilines is 1. The van der Waals surface area contributed by atoms with Gasteiger partial charge in [0.25, 0.3) is 5.91 Å². The van der Waals surface area contributed by atoms with E-state index in [0.29, 0.717) is 18.2 Å². The molecule has 3 aliphatic rings. The van der Waals surface area contributed by atoms with Gasteiger partial charge in [0.05, 0.1) is 23.0 Å². The molecule has 31 heavy (non-hydrogen) atoms. The monoisotopic (exact) mass is 419 g/mol. The van der Waals surface area contributed by atoms with Crippen molar-refractivity contribution in [3.05, 3.63) is 59.5 Å². The Balaban J connectivity index is 1.39. The lowest BCUT2D eigenvalue weighted by Crippen LogP contribution is -2.52. The molecule has 0 N–H and O–H groups in total. The fraction of sp³-hybridized carbons (Fsp3) is 0.400. The Morgan fingerprint density at radius 3 is 2.68 bits per heavy atom. The van der Waals surface area contributed by atoms with E-state index >= 15 is 0 Å². The molecule has 5 nitrogen and oxygen atoms in total. The molecule has 3 aromatic rings. The van der Waals surface area contributed by atoms with Gasteiger partial charge in [-0.25, -0.2) is 4.39 Å². The van der Waals surface area contributed by atoms with E-state index in [9.17, 15) is 9.18 Å². The first kappa shape index (κ1) is 18.7. The van der Waals surface area contributed by atoms with Crippen molar-refractivity contribution in [2.75, 3.05) is 18.5 Å². The lowest BCUT2D eigenvalue weighted by atomic mass is 9.98.